The zero-order valence-electron chi connectivity index (χ0n) is 10.5. The van der Waals surface area contributed by atoms with Crippen LogP contribution in [0.4, 0.5) is 0 Å². The Bertz CT molecular complexity index is 202. The molecule has 1 aliphatic heterocycles. The Morgan fingerprint density at radius 3 is 2.56 bits per heavy atom. The van der Waals surface area contributed by atoms with E-state index in [2.05, 4.69) is 17.3 Å². The van der Waals surface area contributed by atoms with Gasteiger partial charge in [0.15, 0.2) is 0 Å². The van der Waals surface area contributed by atoms with Gasteiger partial charge in [-0.25, -0.2) is 0 Å². The van der Waals surface area contributed by atoms with Crippen molar-refractivity contribution in [2.45, 2.75) is 50.7 Å². The average Bonchev–Trinajstić information content (AvgIpc) is 2.68. The Labute approximate surface area is 99.2 Å². The lowest BCUT2D eigenvalue weighted by molar-refractivity contribution is 0.146. The quantitative estimate of drug-likeness (QED) is 0.756. The van der Waals surface area contributed by atoms with Gasteiger partial charge < -0.3 is 15.3 Å². The van der Waals surface area contributed by atoms with Gasteiger partial charge in [0.05, 0.1) is 6.10 Å². The molecule has 3 nitrogen and oxygen atoms in total. The maximum atomic E-state index is 9.69. The highest BCUT2D eigenvalue weighted by atomic mass is 16.3. The van der Waals surface area contributed by atoms with Crippen molar-refractivity contribution in [3.63, 3.8) is 0 Å². The summed E-state index contributed by atoms with van der Waals surface area (Å²) in [4.78, 5) is 2.42. The highest BCUT2D eigenvalue weighted by Crippen LogP contribution is 2.21. The summed E-state index contributed by atoms with van der Waals surface area (Å²) in [5.74, 6) is 0.905. The van der Waals surface area contributed by atoms with E-state index < -0.39 is 0 Å². The van der Waals surface area contributed by atoms with Gasteiger partial charge in [-0.3, -0.25) is 0 Å². The summed E-state index contributed by atoms with van der Waals surface area (Å²) in [6, 6.07) is 0.381. The number of likely N-dealkylation sites (tertiary alicyclic amines) is 1. The third-order valence-electron chi connectivity index (χ3n) is 4.28. The molecule has 0 bridgehead atoms. The summed E-state index contributed by atoms with van der Waals surface area (Å²) in [5, 5.41) is 13.2. The van der Waals surface area contributed by atoms with Crippen molar-refractivity contribution in [2.24, 2.45) is 5.92 Å². The topological polar surface area (TPSA) is 35.5 Å². The van der Waals surface area contributed by atoms with Gasteiger partial charge in [-0.05, 0) is 71.1 Å². The van der Waals surface area contributed by atoms with Crippen LogP contribution in [0.2, 0.25) is 0 Å². The van der Waals surface area contributed by atoms with Crippen molar-refractivity contribution < 1.29 is 5.11 Å². The second kappa shape index (κ2) is 5.99. The van der Waals surface area contributed by atoms with E-state index in [9.17, 15) is 5.11 Å². The molecule has 2 atom stereocenters. The van der Waals surface area contributed by atoms with Crippen LogP contribution in [0.3, 0.4) is 0 Å². The molecule has 1 aliphatic carbocycles. The number of hydrogen-bond donors (Lipinski definition) is 2. The van der Waals surface area contributed by atoms with E-state index in [1.807, 2.05) is 0 Å². The van der Waals surface area contributed by atoms with Crippen molar-refractivity contribution in [2.75, 3.05) is 26.7 Å². The largest absolute Gasteiger partial charge is 0.392 e. The fourth-order valence-electron chi connectivity index (χ4n) is 3.00. The molecule has 0 aromatic carbocycles. The van der Waals surface area contributed by atoms with Crippen molar-refractivity contribution in [3.05, 3.63) is 0 Å². The predicted octanol–water partition coefficient (Wildman–Crippen LogP) is 1.22. The normalized spacial score (nSPS) is 33.4. The highest BCUT2D eigenvalue weighted by molar-refractivity contribution is 4.83. The third kappa shape index (κ3) is 3.44. The number of hydrogen-bond acceptors (Lipinski definition) is 3. The van der Waals surface area contributed by atoms with Crippen LogP contribution in [0.1, 0.15) is 38.5 Å². The Morgan fingerprint density at radius 1 is 1.19 bits per heavy atom. The van der Waals surface area contributed by atoms with E-state index in [0.29, 0.717) is 6.04 Å². The van der Waals surface area contributed by atoms with E-state index in [-0.39, 0.29) is 6.10 Å². The SMILES string of the molecule is CN1CCC(CCN[C@H]2CCC[C@@H]2O)CC1. The molecule has 3 heteroatoms. The van der Waals surface area contributed by atoms with E-state index in [0.717, 1.165) is 25.3 Å². The highest BCUT2D eigenvalue weighted by Gasteiger charge is 2.24. The molecule has 0 amide bonds. The Balaban J connectivity index is 1.57. The van der Waals surface area contributed by atoms with Gasteiger partial charge in [0.1, 0.15) is 0 Å². The van der Waals surface area contributed by atoms with Gasteiger partial charge >= 0.3 is 0 Å². The first-order valence-corrected chi connectivity index (χ1v) is 6.85. The van der Waals surface area contributed by atoms with Crippen LogP contribution in [0, 0.1) is 5.92 Å². The third-order valence-corrected chi connectivity index (χ3v) is 4.28. The fourth-order valence-corrected chi connectivity index (χ4v) is 3.00. The van der Waals surface area contributed by atoms with Gasteiger partial charge in [-0.15, -0.1) is 0 Å². The summed E-state index contributed by atoms with van der Waals surface area (Å²) in [5.41, 5.74) is 0. The first kappa shape index (κ1) is 12.3. The summed E-state index contributed by atoms with van der Waals surface area (Å²) < 4.78 is 0. The van der Waals surface area contributed by atoms with Crippen molar-refractivity contribution in [3.8, 4) is 0 Å². The van der Waals surface area contributed by atoms with Crippen LogP contribution >= 0.6 is 0 Å². The first-order chi connectivity index (χ1) is 7.75. The summed E-state index contributed by atoms with van der Waals surface area (Å²) >= 11 is 0. The maximum Gasteiger partial charge on any atom is 0.0693 e. The molecule has 2 fully saturated rings. The minimum absolute atomic E-state index is 0.0857. The van der Waals surface area contributed by atoms with Crippen molar-refractivity contribution in [1.82, 2.24) is 10.2 Å². The minimum Gasteiger partial charge on any atom is -0.392 e. The second-order valence-corrected chi connectivity index (χ2v) is 5.59. The standard InChI is InChI=1S/C13H26N2O/c1-15-9-6-11(7-10-15)5-8-14-12-3-2-4-13(12)16/h11-14,16H,2-10H2,1H3/t12-,13-/m0/s1. The molecule has 0 aromatic heterocycles. The molecule has 1 saturated carbocycles. The van der Waals surface area contributed by atoms with Crippen molar-refractivity contribution >= 4 is 0 Å². The molecule has 1 heterocycles. The second-order valence-electron chi connectivity index (χ2n) is 5.59. The van der Waals surface area contributed by atoms with E-state index in [4.69, 9.17) is 0 Å². The van der Waals surface area contributed by atoms with Crippen LogP contribution in [-0.4, -0.2) is 48.8 Å². The van der Waals surface area contributed by atoms with Crippen LogP contribution in [0.15, 0.2) is 0 Å². The molecule has 0 aromatic rings. The average molecular weight is 226 g/mol. The lowest BCUT2D eigenvalue weighted by atomic mass is 9.94. The van der Waals surface area contributed by atoms with E-state index in [1.54, 1.807) is 0 Å². The first-order valence-electron chi connectivity index (χ1n) is 6.85. The summed E-state index contributed by atoms with van der Waals surface area (Å²) in [7, 11) is 2.21. The molecule has 2 rings (SSSR count). The Hall–Kier alpha value is -0.120. The molecular formula is C13H26N2O. The molecule has 16 heavy (non-hydrogen) atoms. The number of nitrogens with zero attached hydrogens (tertiary/aromatic N) is 1. The molecule has 0 spiro atoms. The van der Waals surface area contributed by atoms with Gasteiger partial charge in [-0.1, -0.05) is 0 Å². The zero-order valence-corrected chi connectivity index (χ0v) is 10.5. The summed E-state index contributed by atoms with van der Waals surface area (Å²) in [6.45, 7) is 3.61. The van der Waals surface area contributed by atoms with E-state index in [1.165, 1.54) is 38.8 Å². The van der Waals surface area contributed by atoms with E-state index >= 15 is 0 Å². The maximum absolute atomic E-state index is 9.69. The predicted molar refractivity (Wildman–Crippen MR) is 66.5 cm³/mol. The number of rotatable bonds is 4. The molecular weight excluding hydrogens is 200 g/mol. The van der Waals surface area contributed by atoms with Gasteiger partial charge in [0.25, 0.3) is 0 Å². The fraction of sp³-hybridized carbons (Fsp3) is 1.00. The smallest absolute Gasteiger partial charge is 0.0693 e. The van der Waals surface area contributed by atoms with Crippen LogP contribution < -0.4 is 5.32 Å². The van der Waals surface area contributed by atoms with Gasteiger partial charge in [0.2, 0.25) is 0 Å². The van der Waals surface area contributed by atoms with Gasteiger partial charge in [0, 0.05) is 6.04 Å². The van der Waals surface area contributed by atoms with Crippen molar-refractivity contribution in [1.29, 1.82) is 0 Å². The lowest BCUT2D eigenvalue weighted by Gasteiger charge is -2.29. The number of nitrogens with one attached hydrogen (secondary N) is 1. The zero-order chi connectivity index (χ0) is 11.4. The molecule has 2 N–H and O–H groups in total. The minimum atomic E-state index is -0.0857. The number of aliphatic hydroxyl groups is 1. The van der Waals surface area contributed by atoms with Crippen LogP contribution in [-0.2, 0) is 0 Å². The van der Waals surface area contributed by atoms with Crippen LogP contribution in [0.25, 0.3) is 0 Å². The Kier molecular flexibility index (Phi) is 4.62. The monoisotopic (exact) mass is 226 g/mol. The van der Waals surface area contributed by atoms with Crippen LogP contribution in [0.5, 0.6) is 0 Å². The molecule has 2 aliphatic rings. The van der Waals surface area contributed by atoms with Gasteiger partial charge in [-0.2, -0.15) is 0 Å². The molecule has 94 valence electrons. The molecule has 0 unspecified atom stereocenters. The molecule has 0 radical (unpaired) electrons. The molecule has 1 saturated heterocycles. The number of aliphatic hydroxyl groups excluding tert-OH is 1. The Morgan fingerprint density at radius 2 is 1.94 bits per heavy atom. The number of piperidine rings is 1. The summed E-state index contributed by atoms with van der Waals surface area (Å²) in [6.07, 6.45) is 7.25. The lowest BCUT2D eigenvalue weighted by Crippen LogP contribution is -2.38.